The highest BCUT2D eigenvalue weighted by molar-refractivity contribution is 6.43. The predicted octanol–water partition coefficient (Wildman–Crippen LogP) is 1.82. The van der Waals surface area contributed by atoms with Gasteiger partial charge < -0.3 is 0 Å². The summed E-state index contributed by atoms with van der Waals surface area (Å²) in [5.41, 5.74) is 0. The first kappa shape index (κ1) is 16.8. The Balaban J connectivity index is -0.0000000720. The Labute approximate surface area is 80.8 Å². The van der Waals surface area contributed by atoms with Gasteiger partial charge in [0, 0.05) is 11.8 Å². The average molecular weight is 230 g/mol. The lowest BCUT2D eigenvalue weighted by molar-refractivity contribution is 1.39. The first-order valence-corrected chi connectivity index (χ1v) is 3.99. The van der Waals surface area contributed by atoms with Crippen LogP contribution in [0.25, 0.3) is 0 Å². The smallest absolute Gasteiger partial charge is 0.105 e. The fourth-order valence-corrected chi connectivity index (χ4v) is 0. The second kappa shape index (κ2) is 16.2. The summed E-state index contributed by atoms with van der Waals surface area (Å²) in [6.45, 7) is 1.70. The molecular weight excluding hydrogens is 218 g/mol. The summed E-state index contributed by atoms with van der Waals surface area (Å²) in [5, 5.41) is 0. The molecule has 0 aromatic rings. The van der Waals surface area contributed by atoms with E-state index in [0.717, 1.165) is 0 Å². The van der Waals surface area contributed by atoms with Crippen molar-refractivity contribution in [1.29, 1.82) is 0 Å². The van der Waals surface area contributed by atoms with Crippen molar-refractivity contribution in [1.82, 2.24) is 0 Å². The Morgan fingerprint density at radius 1 is 1.11 bits per heavy atom. The summed E-state index contributed by atoms with van der Waals surface area (Å²) in [4.78, 5) is -0.222. The standard InChI is InChI=1S/2C2H4Cl2.H4Si/c1-2(3)4;3-1-2-4;/h2H,1H3;1-2H2;1H4. The normalized spacial score (nSPS) is 7.33. The van der Waals surface area contributed by atoms with E-state index in [-0.39, 0.29) is 15.8 Å². The Kier molecular flexibility index (Phi) is 30.1. The van der Waals surface area contributed by atoms with Gasteiger partial charge in [-0.3, -0.25) is 0 Å². The van der Waals surface area contributed by atoms with Gasteiger partial charge in [-0.1, -0.05) is 0 Å². The molecule has 0 rings (SSSR count). The van der Waals surface area contributed by atoms with Gasteiger partial charge in [-0.15, -0.1) is 46.4 Å². The van der Waals surface area contributed by atoms with E-state index in [4.69, 9.17) is 46.4 Å². The SMILES string of the molecule is CC(Cl)Cl.ClCCCl.[SiH4]. The lowest BCUT2D eigenvalue weighted by Gasteiger charge is -1.72. The van der Waals surface area contributed by atoms with Crippen molar-refractivity contribution in [3.63, 3.8) is 0 Å². The van der Waals surface area contributed by atoms with Crippen LogP contribution in [0.2, 0.25) is 0 Å². The van der Waals surface area contributed by atoms with Crippen molar-refractivity contribution >= 4 is 57.4 Å². The molecule has 0 spiro atoms. The second-order valence-corrected chi connectivity index (χ2v) is 3.19. The van der Waals surface area contributed by atoms with Crippen molar-refractivity contribution in [2.24, 2.45) is 0 Å². The molecule has 0 N–H and O–H groups in total. The minimum atomic E-state index is -0.222. The maximum Gasteiger partial charge on any atom is 0.105 e. The van der Waals surface area contributed by atoms with Gasteiger partial charge in [0.15, 0.2) is 0 Å². The number of hydrogen-bond donors (Lipinski definition) is 0. The van der Waals surface area contributed by atoms with Gasteiger partial charge in [0.2, 0.25) is 0 Å². The third-order valence-electron chi connectivity index (χ3n) is 0.0714. The van der Waals surface area contributed by atoms with Gasteiger partial charge in [-0.25, -0.2) is 0 Å². The Bertz CT molecular complexity index is 29.0. The summed E-state index contributed by atoms with van der Waals surface area (Å²) in [6.07, 6.45) is 0. The highest BCUT2D eigenvalue weighted by Crippen LogP contribution is 1.95. The Morgan fingerprint density at radius 2 is 1.22 bits per heavy atom. The lowest BCUT2D eigenvalue weighted by Crippen LogP contribution is -1.63. The first-order chi connectivity index (χ1) is 3.65. The van der Waals surface area contributed by atoms with Crippen LogP contribution in [0.4, 0.5) is 0 Å². The highest BCUT2D eigenvalue weighted by Gasteiger charge is 1.75. The van der Waals surface area contributed by atoms with Crippen molar-refractivity contribution < 1.29 is 0 Å². The van der Waals surface area contributed by atoms with Gasteiger partial charge in [0.05, 0.1) is 0 Å². The minimum Gasteiger partial charge on any atom is -0.125 e. The summed E-state index contributed by atoms with van der Waals surface area (Å²) in [5.74, 6) is 1.11. The fourth-order valence-electron chi connectivity index (χ4n) is 0. The van der Waals surface area contributed by atoms with Crippen LogP contribution >= 0.6 is 46.4 Å². The van der Waals surface area contributed by atoms with Gasteiger partial charge in [0.25, 0.3) is 0 Å². The van der Waals surface area contributed by atoms with Crippen LogP contribution in [-0.2, 0) is 0 Å². The third kappa shape index (κ3) is 90.3. The number of hydrogen-bond acceptors (Lipinski definition) is 0. The van der Waals surface area contributed by atoms with E-state index < -0.39 is 0 Å². The summed E-state index contributed by atoms with van der Waals surface area (Å²) >= 11 is 20.2. The van der Waals surface area contributed by atoms with Crippen LogP contribution in [0.3, 0.4) is 0 Å². The molecule has 60 valence electrons. The van der Waals surface area contributed by atoms with E-state index in [1.165, 1.54) is 0 Å². The van der Waals surface area contributed by atoms with Crippen LogP contribution in [0.5, 0.6) is 0 Å². The van der Waals surface area contributed by atoms with E-state index in [0.29, 0.717) is 11.8 Å². The molecule has 0 aromatic heterocycles. The molecule has 0 saturated carbocycles. The quantitative estimate of drug-likeness (QED) is 0.476. The molecular formula is C4H12Cl4Si. The van der Waals surface area contributed by atoms with Crippen molar-refractivity contribution in [2.75, 3.05) is 11.8 Å². The maximum absolute atomic E-state index is 5.05. The largest absolute Gasteiger partial charge is 0.125 e. The molecule has 9 heavy (non-hydrogen) atoms. The Morgan fingerprint density at radius 3 is 1.22 bits per heavy atom. The molecule has 0 amide bonds. The number of halogens is 4. The molecule has 0 atom stereocenters. The third-order valence-corrected chi connectivity index (χ3v) is 0.643. The molecule has 0 aliphatic rings. The molecule has 0 unspecified atom stereocenters. The average Bonchev–Trinajstić information content (AvgIpc) is 1.65. The van der Waals surface area contributed by atoms with Crippen LogP contribution in [-0.4, -0.2) is 27.6 Å². The van der Waals surface area contributed by atoms with Gasteiger partial charge in [0.1, 0.15) is 4.84 Å². The molecule has 0 aliphatic carbocycles. The van der Waals surface area contributed by atoms with E-state index in [1.807, 2.05) is 0 Å². The van der Waals surface area contributed by atoms with Gasteiger partial charge in [-0.05, 0) is 17.9 Å². The monoisotopic (exact) mass is 228 g/mol. The molecule has 0 fully saturated rings. The highest BCUT2D eigenvalue weighted by atomic mass is 35.5. The fraction of sp³-hybridized carbons (Fsp3) is 1.00. The van der Waals surface area contributed by atoms with Crippen LogP contribution in [0.1, 0.15) is 6.92 Å². The van der Waals surface area contributed by atoms with Crippen molar-refractivity contribution in [3.8, 4) is 0 Å². The van der Waals surface area contributed by atoms with Crippen LogP contribution < -0.4 is 0 Å². The topological polar surface area (TPSA) is 0 Å². The van der Waals surface area contributed by atoms with E-state index in [2.05, 4.69) is 0 Å². The summed E-state index contributed by atoms with van der Waals surface area (Å²) < 4.78 is 0. The number of alkyl halides is 4. The van der Waals surface area contributed by atoms with Crippen molar-refractivity contribution in [2.45, 2.75) is 11.8 Å². The molecule has 0 heterocycles. The zero-order chi connectivity index (χ0) is 6.99. The lowest BCUT2D eigenvalue weighted by atomic mass is 11.0. The van der Waals surface area contributed by atoms with Crippen LogP contribution in [0, 0.1) is 0 Å². The van der Waals surface area contributed by atoms with Gasteiger partial charge >= 0.3 is 0 Å². The molecule has 0 saturated heterocycles. The van der Waals surface area contributed by atoms with Crippen molar-refractivity contribution in [3.05, 3.63) is 0 Å². The molecule has 0 bridgehead atoms. The predicted molar refractivity (Wildman–Crippen MR) is 53.9 cm³/mol. The summed E-state index contributed by atoms with van der Waals surface area (Å²) in [6, 6.07) is 0. The zero-order valence-corrected chi connectivity index (χ0v) is 7.53. The van der Waals surface area contributed by atoms with E-state index >= 15 is 0 Å². The molecule has 0 aliphatic heterocycles. The zero-order valence-electron chi connectivity index (χ0n) is 4.50. The van der Waals surface area contributed by atoms with Gasteiger partial charge in [-0.2, -0.15) is 0 Å². The molecule has 0 aromatic carbocycles. The van der Waals surface area contributed by atoms with E-state index in [9.17, 15) is 0 Å². The second-order valence-electron chi connectivity index (χ2n) is 0.897. The Hall–Kier alpha value is 1.38. The maximum atomic E-state index is 5.05. The first-order valence-electron chi connectivity index (χ1n) is 2.05. The molecule has 0 radical (unpaired) electrons. The minimum absolute atomic E-state index is 0. The van der Waals surface area contributed by atoms with E-state index in [1.54, 1.807) is 6.92 Å². The molecule has 5 heteroatoms. The molecule has 0 nitrogen and oxygen atoms in total. The van der Waals surface area contributed by atoms with Crippen LogP contribution in [0.15, 0.2) is 0 Å². The number of rotatable bonds is 1. The summed E-state index contributed by atoms with van der Waals surface area (Å²) in [7, 11) is 0.